The molecule has 2 aromatic carbocycles. The number of nitro benzene ring substituents is 1. The number of anilines is 1. The molecule has 0 spiro atoms. The molecule has 0 aliphatic carbocycles. The van der Waals surface area contributed by atoms with Gasteiger partial charge in [-0.3, -0.25) is 14.9 Å². The second-order valence-electron chi connectivity index (χ2n) is 7.43. The minimum Gasteiger partial charge on any atom is -0.363 e. The Morgan fingerprint density at radius 2 is 1.90 bits per heavy atom. The van der Waals surface area contributed by atoms with Gasteiger partial charge in [0.15, 0.2) is 4.96 Å². The lowest BCUT2D eigenvalue weighted by molar-refractivity contribution is -0.384. The van der Waals surface area contributed by atoms with E-state index in [0.717, 1.165) is 37.2 Å². The number of fused-ring (bicyclic) bond motifs is 3. The second kappa shape index (κ2) is 7.19. The highest BCUT2D eigenvalue weighted by Gasteiger charge is 2.23. The number of likely N-dealkylation sites (N-methyl/N-ethyl adjacent to an activating group) is 1. The van der Waals surface area contributed by atoms with E-state index < -0.39 is 0 Å². The van der Waals surface area contributed by atoms with Gasteiger partial charge in [-0.1, -0.05) is 29.5 Å². The lowest BCUT2D eigenvalue weighted by atomic mass is 10.1. The van der Waals surface area contributed by atoms with Gasteiger partial charge in [-0.15, -0.1) is 0 Å². The molecule has 152 valence electrons. The van der Waals surface area contributed by atoms with Gasteiger partial charge < -0.3 is 9.80 Å². The summed E-state index contributed by atoms with van der Waals surface area (Å²) in [4.78, 5) is 33.7. The summed E-state index contributed by atoms with van der Waals surface area (Å²) in [6.45, 7) is 3.24. The molecule has 9 heteroatoms. The number of piperazine rings is 1. The van der Waals surface area contributed by atoms with Crippen molar-refractivity contribution >= 4 is 44.8 Å². The first-order chi connectivity index (χ1) is 14.5. The molecule has 2 aromatic heterocycles. The zero-order chi connectivity index (χ0) is 20.8. The molecular weight excluding hydrogens is 402 g/mol. The first-order valence-electron chi connectivity index (χ1n) is 9.65. The molecule has 1 aliphatic rings. The van der Waals surface area contributed by atoms with Crippen LogP contribution in [-0.4, -0.2) is 52.4 Å². The Labute approximate surface area is 175 Å². The van der Waals surface area contributed by atoms with Crippen LogP contribution in [0.25, 0.3) is 22.1 Å². The lowest BCUT2D eigenvalue weighted by Gasteiger charge is -2.33. The summed E-state index contributed by atoms with van der Waals surface area (Å²) >= 11 is 1.29. The number of rotatable bonds is 3. The van der Waals surface area contributed by atoms with Crippen LogP contribution in [0.5, 0.6) is 0 Å². The molecule has 5 rings (SSSR count). The molecule has 0 radical (unpaired) electrons. The maximum Gasteiger partial charge on any atom is 0.293 e. The molecule has 3 heterocycles. The smallest absolute Gasteiger partial charge is 0.293 e. The number of nitro groups is 1. The Kier molecular flexibility index (Phi) is 4.48. The van der Waals surface area contributed by atoms with Crippen molar-refractivity contribution in [3.05, 3.63) is 73.0 Å². The molecular formula is C21H19N5O3S. The van der Waals surface area contributed by atoms with Crippen molar-refractivity contribution in [1.82, 2.24) is 14.3 Å². The SMILES string of the molecule is CN1CCN(c2ccc(C=c3sc4nc5ccccc5n4c3=O)cc2[N+](=O)[O-])CC1. The van der Waals surface area contributed by atoms with E-state index >= 15 is 0 Å². The molecule has 0 unspecified atom stereocenters. The molecule has 0 amide bonds. The molecule has 1 fully saturated rings. The van der Waals surface area contributed by atoms with E-state index in [1.165, 1.54) is 11.3 Å². The van der Waals surface area contributed by atoms with Crippen LogP contribution in [0.2, 0.25) is 0 Å². The van der Waals surface area contributed by atoms with Crippen LogP contribution >= 0.6 is 11.3 Å². The quantitative estimate of drug-likeness (QED) is 0.372. The summed E-state index contributed by atoms with van der Waals surface area (Å²) in [7, 11) is 2.05. The largest absolute Gasteiger partial charge is 0.363 e. The Balaban J connectivity index is 1.58. The summed E-state index contributed by atoms with van der Waals surface area (Å²) in [6.07, 6.45) is 1.71. The number of para-hydroxylation sites is 2. The molecule has 0 bridgehead atoms. The van der Waals surface area contributed by atoms with Gasteiger partial charge in [0.25, 0.3) is 11.2 Å². The fourth-order valence-electron chi connectivity index (χ4n) is 3.85. The first-order valence-corrected chi connectivity index (χ1v) is 10.5. The maximum absolute atomic E-state index is 12.9. The first kappa shape index (κ1) is 18.7. The fraction of sp³-hybridized carbons (Fsp3) is 0.238. The molecule has 0 atom stereocenters. The van der Waals surface area contributed by atoms with Crippen molar-refractivity contribution in [2.24, 2.45) is 0 Å². The molecule has 0 saturated carbocycles. The van der Waals surface area contributed by atoms with Crippen LogP contribution in [-0.2, 0) is 0 Å². The van der Waals surface area contributed by atoms with Crippen molar-refractivity contribution in [2.75, 3.05) is 38.1 Å². The molecule has 1 saturated heterocycles. The van der Waals surface area contributed by atoms with Crippen LogP contribution in [0.1, 0.15) is 5.56 Å². The Hall–Kier alpha value is -3.30. The Morgan fingerprint density at radius 3 is 2.67 bits per heavy atom. The van der Waals surface area contributed by atoms with Gasteiger partial charge in [-0.25, -0.2) is 9.38 Å². The van der Waals surface area contributed by atoms with Gasteiger partial charge in [0, 0.05) is 32.2 Å². The topological polar surface area (TPSA) is 84.0 Å². The third kappa shape index (κ3) is 3.12. The maximum atomic E-state index is 12.9. The normalized spacial score (nSPS) is 16.0. The van der Waals surface area contributed by atoms with Crippen LogP contribution < -0.4 is 15.0 Å². The fourth-order valence-corrected chi connectivity index (χ4v) is 4.84. The van der Waals surface area contributed by atoms with Crippen LogP contribution in [0.15, 0.2) is 47.3 Å². The summed E-state index contributed by atoms with van der Waals surface area (Å²) in [5.41, 5.74) is 2.71. The number of aromatic nitrogens is 2. The van der Waals surface area contributed by atoms with E-state index in [-0.39, 0.29) is 16.2 Å². The third-order valence-electron chi connectivity index (χ3n) is 5.48. The van der Waals surface area contributed by atoms with Gasteiger partial charge in [0.2, 0.25) is 0 Å². The van der Waals surface area contributed by atoms with Crippen molar-refractivity contribution < 1.29 is 4.92 Å². The number of nitrogens with zero attached hydrogens (tertiary/aromatic N) is 5. The van der Waals surface area contributed by atoms with Gasteiger partial charge >= 0.3 is 0 Å². The highest BCUT2D eigenvalue weighted by molar-refractivity contribution is 7.15. The van der Waals surface area contributed by atoms with E-state index in [0.29, 0.717) is 20.7 Å². The third-order valence-corrected chi connectivity index (χ3v) is 6.45. The average Bonchev–Trinajstić information content (AvgIpc) is 3.25. The van der Waals surface area contributed by atoms with Crippen LogP contribution in [0, 0.1) is 10.1 Å². The standard InChI is InChI=1S/C21H19N5O3S/c1-23-8-10-24(11-9-23)17-7-6-14(12-18(17)26(28)29)13-19-20(27)25-16-5-3-2-4-15(16)22-21(25)30-19/h2-7,12-13H,8-11H2,1H3. The zero-order valence-corrected chi connectivity index (χ0v) is 17.1. The molecule has 30 heavy (non-hydrogen) atoms. The van der Waals surface area contributed by atoms with Gasteiger partial charge in [0.05, 0.1) is 20.5 Å². The zero-order valence-electron chi connectivity index (χ0n) is 16.3. The monoisotopic (exact) mass is 421 g/mol. The van der Waals surface area contributed by atoms with Crippen LogP contribution in [0.3, 0.4) is 0 Å². The van der Waals surface area contributed by atoms with E-state index in [1.807, 2.05) is 42.3 Å². The van der Waals surface area contributed by atoms with Crippen molar-refractivity contribution in [1.29, 1.82) is 0 Å². The van der Waals surface area contributed by atoms with Gasteiger partial charge in [-0.2, -0.15) is 0 Å². The summed E-state index contributed by atoms with van der Waals surface area (Å²) in [5, 5.41) is 11.7. The predicted molar refractivity (Wildman–Crippen MR) is 118 cm³/mol. The van der Waals surface area contributed by atoms with Crippen molar-refractivity contribution in [3.8, 4) is 0 Å². The number of benzene rings is 2. The van der Waals surface area contributed by atoms with Gasteiger partial charge in [-0.05, 0) is 36.9 Å². The summed E-state index contributed by atoms with van der Waals surface area (Å²) in [6, 6.07) is 12.7. The van der Waals surface area contributed by atoms with Crippen LogP contribution in [0.4, 0.5) is 11.4 Å². The van der Waals surface area contributed by atoms with Gasteiger partial charge in [0.1, 0.15) is 5.69 Å². The number of imidazole rings is 1. The Morgan fingerprint density at radius 1 is 1.13 bits per heavy atom. The minimum absolute atomic E-state index is 0.0625. The predicted octanol–water partition coefficient (Wildman–Crippen LogP) is 2.12. The summed E-state index contributed by atoms with van der Waals surface area (Å²) in [5.74, 6) is 0. The molecule has 0 N–H and O–H groups in total. The number of thiazole rings is 1. The summed E-state index contributed by atoms with van der Waals surface area (Å²) < 4.78 is 2.10. The molecule has 8 nitrogen and oxygen atoms in total. The lowest BCUT2D eigenvalue weighted by Crippen LogP contribution is -2.44. The van der Waals surface area contributed by atoms with E-state index in [4.69, 9.17) is 0 Å². The highest BCUT2D eigenvalue weighted by Crippen LogP contribution is 2.30. The Bertz CT molecular complexity index is 1390. The minimum atomic E-state index is -0.349. The second-order valence-corrected chi connectivity index (χ2v) is 8.44. The highest BCUT2D eigenvalue weighted by atomic mass is 32.1. The van der Waals surface area contributed by atoms with Crippen molar-refractivity contribution in [3.63, 3.8) is 0 Å². The number of hydrogen-bond donors (Lipinski definition) is 0. The average molecular weight is 421 g/mol. The molecule has 4 aromatic rings. The number of hydrogen-bond acceptors (Lipinski definition) is 7. The van der Waals surface area contributed by atoms with Crippen molar-refractivity contribution in [2.45, 2.75) is 0 Å². The molecule has 1 aliphatic heterocycles. The van der Waals surface area contributed by atoms with E-state index in [9.17, 15) is 14.9 Å². The van der Waals surface area contributed by atoms with E-state index in [1.54, 1.807) is 22.6 Å². The van der Waals surface area contributed by atoms with E-state index in [2.05, 4.69) is 9.88 Å².